The lowest BCUT2D eigenvalue weighted by Gasteiger charge is -2.39. The average molecular weight is 561 g/mol. The Balaban J connectivity index is 1.40. The molecule has 0 bridgehead atoms. The van der Waals surface area contributed by atoms with Crippen LogP contribution in [0.3, 0.4) is 0 Å². The van der Waals surface area contributed by atoms with Crippen LogP contribution in [0.5, 0.6) is 5.75 Å². The van der Waals surface area contributed by atoms with Gasteiger partial charge in [-0.3, -0.25) is 24.6 Å². The van der Waals surface area contributed by atoms with Crippen molar-refractivity contribution >= 4 is 28.6 Å². The largest absolute Gasteiger partial charge is 0.496 e. The number of aromatic nitrogens is 1. The number of hydrogen-bond acceptors (Lipinski definition) is 6. The molecular formula is C32H40N4O5. The highest BCUT2D eigenvalue weighted by molar-refractivity contribution is 6.10. The van der Waals surface area contributed by atoms with Crippen molar-refractivity contribution in [3.8, 4) is 5.75 Å². The van der Waals surface area contributed by atoms with Crippen LogP contribution in [0.1, 0.15) is 43.7 Å². The van der Waals surface area contributed by atoms with Crippen molar-refractivity contribution in [2.75, 3.05) is 33.4 Å². The number of imide groups is 1. The predicted octanol–water partition coefficient (Wildman–Crippen LogP) is 3.37. The summed E-state index contributed by atoms with van der Waals surface area (Å²) in [4.78, 5) is 46.2. The Bertz CT molecular complexity index is 1390. The highest BCUT2D eigenvalue weighted by Gasteiger charge is 2.60. The van der Waals surface area contributed by atoms with E-state index in [1.807, 2.05) is 61.7 Å². The van der Waals surface area contributed by atoms with Gasteiger partial charge in [-0.1, -0.05) is 49.2 Å². The summed E-state index contributed by atoms with van der Waals surface area (Å²) in [6.45, 7) is 3.52. The lowest BCUT2D eigenvalue weighted by molar-refractivity contribution is -0.140. The van der Waals surface area contributed by atoms with Gasteiger partial charge in [-0.15, -0.1) is 0 Å². The summed E-state index contributed by atoms with van der Waals surface area (Å²) in [6, 6.07) is 14.9. The van der Waals surface area contributed by atoms with Crippen molar-refractivity contribution in [3.63, 3.8) is 0 Å². The molecule has 1 aliphatic heterocycles. The zero-order valence-corrected chi connectivity index (χ0v) is 23.9. The second-order valence-corrected chi connectivity index (χ2v) is 10.9. The molecule has 1 aliphatic carbocycles. The minimum Gasteiger partial charge on any atom is -0.496 e. The van der Waals surface area contributed by atoms with Crippen LogP contribution in [0.25, 0.3) is 10.9 Å². The number of ether oxygens (including phenoxy) is 2. The molecule has 2 fully saturated rings. The summed E-state index contributed by atoms with van der Waals surface area (Å²) in [6.07, 6.45) is 5.63. The lowest BCUT2D eigenvalue weighted by atomic mass is 9.73. The molecule has 5 rings (SSSR count). The molecular weight excluding hydrogens is 520 g/mol. The fourth-order valence-electron chi connectivity index (χ4n) is 6.43. The van der Waals surface area contributed by atoms with Crippen molar-refractivity contribution in [2.45, 2.75) is 57.0 Å². The molecule has 3 aromatic rings. The number of para-hydroxylation sites is 2. The third-order valence-electron chi connectivity index (χ3n) is 8.49. The third-order valence-corrected chi connectivity index (χ3v) is 8.49. The number of nitrogens with zero attached hydrogens (tertiary/aromatic N) is 1. The van der Waals surface area contributed by atoms with E-state index >= 15 is 0 Å². The van der Waals surface area contributed by atoms with Gasteiger partial charge in [0.2, 0.25) is 17.7 Å². The Hall–Kier alpha value is -3.69. The third kappa shape index (κ3) is 5.87. The first-order valence-electron chi connectivity index (χ1n) is 14.6. The molecule has 1 aromatic heterocycles. The van der Waals surface area contributed by atoms with Gasteiger partial charge in [-0.2, -0.15) is 0 Å². The molecule has 3 N–H and O–H groups in total. The number of fused-ring (bicyclic) bond motifs is 2. The Morgan fingerprint density at radius 2 is 1.93 bits per heavy atom. The number of likely N-dealkylation sites (tertiary alicyclic amines) is 1. The minimum atomic E-state index is -1.11. The zero-order chi connectivity index (χ0) is 28.8. The van der Waals surface area contributed by atoms with E-state index in [0.717, 1.165) is 40.6 Å². The van der Waals surface area contributed by atoms with Gasteiger partial charge in [0.1, 0.15) is 11.3 Å². The maximum Gasteiger partial charge on any atom is 0.250 e. The minimum absolute atomic E-state index is 0.153. The van der Waals surface area contributed by atoms with Crippen LogP contribution >= 0.6 is 0 Å². The Morgan fingerprint density at radius 3 is 2.76 bits per heavy atom. The molecule has 1 saturated heterocycles. The molecule has 2 unspecified atom stereocenters. The van der Waals surface area contributed by atoms with E-state index in [2.05, 4.69) is 15.6 Å². The summed E-state index contributed by atoms with van der Waals surface area (Å²) >= 11 is 0. The van der Waals surface area contributed by atoms with Crippen LogP contribution in [0.2, 0.25) is 0 Å². The molecule has 2 aliphatic rings. The Labute approximate surface area is 241 Å². The summed E-state index contributed by atoms with van der Waals surface area (Å²) in [5.41, 5.74) is 1.80. The van der Waals surface area contributed by atoms with Gasteiger partial charge >= 0.3 is 0 Å². The first-order chi connectivity index (χ1) is 20.0. The number of hydrogen-bond donors (Lipinski definition) is 3. The molecule has 218 valence electrons. The number of benzene rings is 2. The Kier molecular flexibility index (Phi) is 9.05. The maximum atomic E-state index is 14.2. The van der Waals surface area contributed by atoms with E-state index in [1.54, 1.807) is 7.11 Å². The van der Waals surface area contributed by atoms with E-state index in [1.165, 1.54) is 4.90 Å². The van der Waals surface area contributed by atoms with Crippen molar-refractivity contribution < 1.29 is 23.9 Å². The lowest BCUT2D eigenvalue weighted by Crippen LogP contribution is -2.63. The molecule has 9 nitrogen and oxygen atoms in total. The van der Waals surface area contributed by atoms with Crippen molar-refractivity contribution in [1.82, 2.24) is 20.5 Å². The maximum absolute atomic E-state index is 14.2. The topological polar surface area (TPSA) is 113 Å². The van der Waals surface area contributed by atoms with Crippen molar-refractivity contribution in [2.24, 2.45) is 5.92 Å². The van der Waals surface area contributed by atoms with Gasteiger partial charge < -0.3 is 19.8 Å². The monoisotopic (exact) mass is 560 g/mol. The molecule has 0 radical (unpaired) electrons. The molecule has 41 heavy (non-hydrogen) atoms. The fraction of sp³-hybridized carbons (Fsp3) is 0.469. The highest BCUT2D eigenvalue weighted by Crippen LogP contribution is 2.42. The van der Waals surface area contributed by atoms with Crippen LogP contribution in [-0.2, 0) is 32.0 Å². The summed E-state index contributed by atoms with van der Waals surface area (Å²) in [5, 5.41) is 7.52. The molecule has 2 heterocycles. The number of nitrogens with one attached hydrogen (secondary N) is 3. The number of amides is 3. The fourth-order valence-corrected chi connectivity index (χ4v) is 6.43. The van der Waals surface area contributed by atoms with Crippen LogP contribution in [-0.4, -0.2) is 72.6 Å². The van der Waals surface area contributed by atoms with Gasteiger partial charge in [-0.25, -0.2) is 0 Å². The van der Waals surface area contributed by atoms with Gasteiger partial charge in [0.25, 0.3) is 0 Å². The van der Waals surface area contributed by atoms with Crippen LogP contribution in [0.4, 0.5) is 0 Å². The SMILES string of the molecule is CCOCCNC(=O)[C@H](Cc1c[nH]c2ccccc12)NC12CCCCC1C(=O)N(CCc1ccccc1OC)C2=O. The molecule has 0 spiro atoms. The van der Waals surface area contributed by atoms with E-state index in [0.29, 0.717) is 45.4 Å². The summed E-state index contributed by atoms with van der Waals surface area (Å²) in [5.74, 6) is -0.350. The quantitative estimate of drug-likeness (QED) is 0.218. The smallest absolute Gasteiger partial charge is 0.250 e. The first-order valence-corrected chi connectivity index (χ1v) is 14.6. The molecule has 3 amide bonds. The molecule has 2 aromatic carbocycles. The number of rotatable bonds is 13. The number of carbonyl (C=O) groups is 3. The van der Waals surface area contributed by atoms with E-state index in [4.69, 9.17) is 9.47 Å². The number of methoxy groups -OCH3 is 1. The first kappa shape index (κ1) is 28.8. The Morgan fingerprint density at radius 1 is 1.12 bits per heavy atom. The normalized spacial score (nSPS) is 21.2. The standard InChI is InChI=1S/C32H40N4O5/c1-3-41-19-17-33-29(37)27(20-23-21-34-26-13-6-5-11-24(23)26)35-32-16-9-8-12-25(32)30(38)36(31(32)39)18-15-22-10-4-7-14-28(22)40-2/h4-7,10-11,13-14,21,25,27,34-35H,3,8-9,12,15-20H2,1-2H3,(H,33,37)/t25?,27-,32?/m0/s1. The van der Waals surface area contributed by atoms with Crippen LogP contribution in [0, 0.1) is 5.92 Å². The van der Waals surface area contributed by atoms with Crippen molar-refractivity contribution in [3.05, 3.63) is 65.9 Å². The average Bonchev–Trinajstić information content (AvgIpc) is 3.50. The van der Waals surface area contributed by atoms with Gasteiger partial charge in [0, 0.05) is 36.8 Å². The highest BCUT2D eigenvalue weighted by atomic mass is 16.5. The van der Waals surface area contributed by atoms with Crippen LogP contribution in [0.15, 0.2) is 54.7 Å². The van der Waals surface area contributed by atoms with E-state index < -0.39 is 17.5 Å². The van der Waals surface area contributed by atoms with Crippen molar-refractivity contribution in [1.29, 1.82) is 0 Å². The molecule has 3 atom stereocenters. The zero-order valence-electron chi connectivity index (χ0n) is 23.9. The number of carbonyl (C=O) groups excluding carboxylic acids is 3. The summed E-state index contributed by atoms with van der Waals surface area (Å²) in [7, 11) is 1.62. The number of aromatic amines is 1. The van der Waals surface area contributed by atoms with E-state index in [-0.39, 0.29) is 24.3 Å². The van der Waals surface area contributed by atoms with Gasteiger partial charge in [0.05, 0.1) is 25.7 Å². The van der Waals surface area contributed by atoms with Gasteiger partial charge in [-0.05, 0) is 55.9 Å². The predicted molar refractivity (Wildman–Crippen MR) is 157 cm³/mol. The molecule has 1 saturated carbocycles. The number of H-pyrrole nitrogens is 1. The van der Waals surface area contributed by atoms with Gasteiger partial charge in [0.15, 0.2) is 0 Å². The second kappa shape index (κ2) is 12.9. The molecule has 9 heteroatoms. The van der Waals surface area contributed by atoms with Crippen LogP contribution < -0.4 is 15.4 Å². The summed E-state index contributed by atoms with van der Waals surface area (Å²) < 4.78 is 10.9. The second-order valence-electron chi connectivity index (χ2n) is 10.9. The van der Waals surface area contributed by atoms with E-state index in [9.17, 15) is 14.4 Å².